The molecule has 184 valence electrons. The molecule has 1 aliphatic rings. The maximum atomic E-state index is 12.4. The van der Waals surface area contributed by atoms with Gasteiger partial charge < -0.3 is 24.6 Å². The Kier molecular flexibility index (Phi) is 7.97. The van der Waals surface area contributed by atoms with E-state index >= 15 is 0 Å². The molecule has 1 aliphatic heterocycles. The number of ether oxygens (including phenoxy) is 2. The van der Waals surface area contributed by atoms with Crippen LogP contribution < -0.4 is 24.6 Å². The van der Waals surface area contributed by atoms with E-state index in [0.29, 0.717) is 22.2 Å². The fourth-order valence-corrected chi connectivity index (χ4v) is 4.63. The monoisotopic (exact) mass is 493 g/mol. The first-order valence-corrected chi connectivity index (χ1v) is 12.5. The Hall–Kier alpha value is -3.46. The van der Waals surface area contributed by atoms with E-state index in [1.165, 1.54) is 28.6 Å². The van der Waals surface area contributed by atoms with Crippen LogP contribution >= 0.6 is 11.8 Å². The van der Waals surface area contributed by atoms with E-state index in [1.54, 1.807) is 32.4 Å². The van der Waals surface area contributed by atoms with Crippen LogP contribution in [-0.4, -0.2) is 62.3 Å². The minimum absolute atomic E-state index is 0.140. The summed E-state index contributed by atoms with van der Waals surface area (Å²) in [7, 11) is 3.15. The van der Waals surface area contributed by atoms with Crippen LogP contribution in [0.2, 0.25) is 0 Å². The third-order valence-electron chi connectivity index (χ3n) is 5.92. The highest BCUT2D eigenvalue weighted by Crippen LogP contribution is 2.27. The third kappa shape index (κ3) is 6.36. The first-order chi connectivity index (χ1) is 16.9. The number of methoxy groups -OCH3 is 2. The second kappa shape index (κ2) is 11.3. The van der Waals surface area contributed by atoms with Gasteiger partial charge >= 0.3 is 0 Å². The fraction of sp³-hybridized carbons (Fsp3) is 0.346. The first kappa shape index (κ1) is 24.7. The van der Waals surface area contributed by atoms with Crippen molar-refractivity contribution >= 4 is 34.9 Å². The van der Waals surface area contributed by atoms with E-state index in [1.807, 2.05) is 12.1 Å². The van der Waals surface area contributed by atoms with Crippen LogP contribution in [0, 0.1) is 13.8 Å². The van der Waals surface area contributed by atoms with E-state index in [-0.39, 0.29) is 11.7 Å². The largest absolute Gasteiger partial charge is 0.497 e. The maximum Gasteiger partial charge on any atom is 0.234 e. The standard InChI is InChI=1S/C26H31N5O3S/c1-18-5-6-19(2)23(13-18)30-9-11-31(12-10-30)24-7-8-26(29-28-24)35-17-25(32)27-20-14-21(33-3)16-22(15-20)34-4/h5-8,13-16H,9-12,17H2,1-4H3,(H,27,32). The Morgan fingerprint density at radius 3 is 2.23 bits per heavy atom. The van der Waals surface area contributed by atoms with Crippen molar-refractivity contribution in [2.24, 2.45) is 0 Å². The van der Waals surface area contributed by atoms with Crippen molar-refractivity contribution in [2.45, 2.75) is 18.9 Å². The quantitative estimate of drug-likeness (QED) is 0.469. The second-order valence-electron chi connectivity index (χ2n) is 8.43. The summed E-state index contributed by atoms with van der Waals surface area (Å²) in [5, 5.41) is 12.3. The molecule has 3 aromatic rings. The zero-order valence-corrected chi connectivity index (χ0v) is 21.4. The average Bonchev–Trinajstić information content (AvgIpc) is 2.89. The van der Waals surface area contributed by atoms with Crippen LogP contribution in [0.15, 0.2) is 53.6 Å². The highest BCUT2D eigenvalue weighted by Gasteiger charge is 2.20. The van der Waals surface area contributed by atoms with Crippen LogP contribution in [0.3, 0.4) is 0 Å². The number of anilines is 3. The van der Waals surface area contributed by atoms with Crippen LogP contribution in [0.25, 0.3) is 0 Å². The van der Waals surface area contributed by atoms with Crippen molar-refractivity contribution in [2.75, 3.05) is 61.3 Å². The molecule has 1 amide bonds. The number of carbonyl (C=O) groups is 1. The molecule has 1 saturated heterocycles. The number of nitrogens with one attached hydrogen (secondary N) is 1. The van der Waals surface area contributed by atoms with Gasteiger partial charge in [-0.15, -0.1) is 10.2 Å². The van der Waals surface area contributed by atoms with Crippen molar-refractivity contribution in [3.05, 3.63) is 59.7 Å². The first-order valence-electron chi connectivity index (χ1n) is 11.5. The van der Waals surface area contributed by atoms with E-state index < -0.39 is 0 Å². The Morgan fingerprint density at radius 2 is 1.60 bits per heavy atom. The molecule has 35 heavy (non-hydrogen) atoms. The lowest BCUT2D eigenvalue weighted by atomic mass is 10.1. The molecule has 2 heterocycles. The highest BCUT2D eigenvalue weighted by molar-refractivity contribution is 7.99. The van der Waals surface area contributed by atoms with Crippen molar-refractivity contribution < 1.29 is 14.3 Å². The van der Waals surface area contributed by atoms with Gasteiger partial charge in [-0.05, 0) is 43.2 Å². The molecule has 0 aliphatic carbocycles. The van der Waals surface area contributed by atoms with Gasteiger partial charge in [0.2, 0.25) is 5.91 Å². The summed E-state index contributed by atoms with van der Waals surface area (Å²) in [5.41, 5.74) is 4.52. The lowest BCUT2D eigenvalue weighted by Crippen LogP contribution is -2.47. The summed E-state index contributed by atoms with van der Waals surface area (Å²) >= 11 is 1.35. The number of aryl methyl sites for hydroxylation is 2. The van der Waals surface area contributed by atoms with E-state index in [4.69, 9.17) is 9.47 Å². The normalized spacial score (nSPS) is 13.5. The lowest BCUT2D eigenvalue weighted by molar-refractivity contribution is -0.113. The van der Waals surface area contributed by atoms with Crippen molar-refractivity contribution in [3.63, 3.8) is 0 Å². The van der Waals surface area contributed by atoms with Gasteiger partial charge in [0.15, 0.2) is 5.82 Å². The number of nitrogens with zero attached hydrogens (tertiary/aromatic N) is 4. The number of piperazine rings is 1. The summed E-state index contributed by atoms with van der Waals surface area (Å²) in [4.78, 5) is 17.1. The molecule has 0 unspecified atom stereocenters. The van der Waals surface area contributed by atoms with Gasteiger partial charge in [0.1, 0.15) is 16.5 Å². The number of aromatic nitrogens is 2. The molecule has 0 atom stereocenters. The molecule has 2 aromatic carbocycles. The van der Waals surface area contributed by atoms with E-state index in [9.17, 15) is 4.79 Å². The molecule has 0 radical (unpaired) electrons. The molecule has 0 spiro atoms. The molecule has 4 rings (SSSR count). The number of carbonyl (C=O) groups excluding carboxylic acids is 1. The minimum atomic E-state index is -0.140. The zero-order chi connectivity index (χ0) is 24.8. The topological polar surface area (TPSA) is 79.8 Å². The molecule has 1 aromatic heterocycles. The fourth-order valence-electron chi connectivity index (χ4n) is 4.01. The number of hydrogen-bond acceptors (Lipinski definition) is 8. The number of benzene rings is 2. The van der Waals surface area contributed by atoms with Gasteiger partial charge in [0.25, 0.3) is 0 Å². The highest BCUT2D eigenvalue weighted by atomic mass is 32.2. The molecule has 0 saturated carbocycles. The molecule has 8 nitrogen and oxygen atoms in total. The van der Waals surface area contributed by atoms with Crippen molar-refractivity contribution in [3.8, 4) is 11.5 Å². The number of amides is 1. The molecular formula is C26H31N5O3S. The summed E-state index contributed by atoms with van der Waals surface area (Å²) in [6.45, 7) is 7.96. The van der Waals surface area contributed by atoms with Gasteiger partial charge in [-0.1, -0.05) is 23.9 Å². The Balaban J connectivity index is 1.28. The minimum Gasteiger partial charge on any atom is -0.497 e. The van der Waals surface area contributed by atoms with Crippen molar-refractivity contribution in [1.29, 1.82) is 0 Å². The van der Waals surface area contributed by atoms with Crippen LogP contribution in [0.1, 0.15) is 11.1 Å². The SMILES string of the molecule is COc1cc(NC(=O)CSc2ccc(N3CCN(c4cc(C)ccc4C)CC3)nn2)cc(OC)c1. The summed E-state index contributed by atoms with van der Waals surface area (Å²) in [5.74, 6) is 2.18. The molecule has 9 heteroatoms. The number of thioether (sulfide) groups is 1. The third-order valence-corrected chi connectivity index (χ3v) is 6.84. The van der Waals surface area contributed by atoms with Gasteiger partial charge in [0, 0.05) is 55.8 Å². The van der Waals surface area contributed by atoms with Gasteiger partial charge in [-0.3, -0.25) is 4.79 Å². The van der Waals surface area contributed by atoms with Gasteiger partial charge in [-0.25, -0.2) is 0 Å². The number of rotatable bonds is 8. The zero-order valence-electron chi connectivity index (χ0n) is 20.6. The predicted molar refractivity (Wildman–Crippen MR) is 141 cm³/mol. The van der Waals surface area contributed by atoms with Crippen molar-refractivity contribution in [1.82, 2.24) is 10.2 Å². The van der Waals surface area contributed by atoms with E-state index in [0.717, 1.165) is 32.0 Å². The lowest BCUT2D eigenvalue weighted by Gasteiger charge is -2.37. The Morgan fingerprint density at radius 1 is 0.914 bits per heavy atom. The van der Waals surface area contributed by atoms with Crippen LogP contribution in [-0.2, 0) is 4.79 Å². The molecule has 0 bridgehead atoms. The van der Waals surface area contributed by atoms with Gasteiger partial charge in [-0.2, -0.15) is 0 Å². The summed E-state index contributed by atoms with van der Waals surface area (Å²) < 4.78 is 10.5. The van der Waals surface area contributed by atoms with Crippen LogP contribution in [0.4, 0.5) is 17.2 Å². The van der Waals surface area contributed by atoms with Crippen LogP contribution in [0.5, 0.6) is 11.5 Å². The molecular weight excluding hydrogens is 462 g/mol. The maximum absolute atomic E-state index is 12.4. The van der Waals surface area contributed by atoms with E-state index in [2.05, 4.69) is 57.4 Å². The Bertz CT molecular complexity index is 1140. The molecule has 1 N–H and O–H groups in total. The molecule has 1 fully saturated rings. The average molecular weight is 494 g/mol. The smallest absolute Gasteiger partial charge is 0.234 e. The number of hydrogen-bond donors (Lipinski definition) is 1. The van der Waals surface area contributed by atoms with Gasteiger partial charge in [0.05, 0.1) is 20.0 Å². The second-order valence-corrected chi connectivity index (χ2v) is 9.43. The summed E-state index contributed by atoms with van der Waals surface area (Å²) in [6.07, 6.45) is 0. The predicted octanol–water partition coefficient (Wildman–Crippen LogP) is 4.17. The Labute approximate surface area is 210 Å². The summed E-state index contributed by atoms with van der Waals surface area (Å²) in [6, 6.07) is 15.8.